The number of primary amides is 1. The van der Waals surface area contributed by atoms with Crippen molar-refractivity contribution in [2.75, 3.05) is 20.0 Å². The van der Waals surface area contributed by atoms with E-state index in [1.54, 1.807) is 60.7 Å². The van der Waals surface area contributed by atoms with Crippen LogP contribution in [0.3, 0.4) is 0 Å². The molecule has 3 aromatic carbocycles. The minimum atomic E-state index is -0.724. The Bertz CT molecular complexity index is 1460. The molecule has 0 saturated heterocycles. The van der Waals surface area contributed by atoms with Gasteiger partial charge < -0.3 is 26.3 Å². The molecule has 2 amide bonds. The molecule has 0 aliphatic heterocycles. The van der Waals surface area contributed by atoms with Crippen LogP contribution in [0.4, 0.5) is 5.82 Å². The molecular formula is C27H25N5O5. The summed E-state index contributed by atoms with van der Waals surface area (Å²) in [6, 6.07) is 20.5. The van der Waals surface area contributed by atoms with Crippen LogP contribution >= 0.6 is 0 Å². The zero-order valence-corrected chi connectivity index (χ0v) is 20.2. The second-order valence-electron chi connectivity index (χ2n) is 8.00. The zero-order chi connectivity index (χ0) is 26.5. The van der Waals surface area contributed by atoms with Crippen molar-refractivity contribution >= 4 is 23.6 Å². The summed E-state index contributed by atoms with van der Waals surface area (Å²) in [4.78, 5) is 36.5. The number of nitrogens with one attached hydrogen (secondary N) is 1. The molecule has 1 aromatic heterocycles. The number of methoxy groups -OCH3 is 2. The van der Waals surface area contributed by atoms with E-state index < -0.39 is 11.9 Å². The predicted octanol–water partition coefficient (Wildman–Crippen LogP) is 2.95. The van der Waals surface area contributed by atoms with Gasteiger partial charge in [-0.25, -0.2) is 9.48 Å². The SMILES string of the molecule is COC(=O)c1ccc(-n2nc(-c3ccc(CNC(=O)c4ccccc4OC)cc3)c(C(N)=O)c2N)cc1. The van der Waals surface area contributed by atoms with Crippen molar-refractivity contribution in [3.63, 3.8) is 0 Å². The van der Waals surface area contributed by atoms with Crippen molar-refractivity contribution in [1.82, 2.24) is 15.1 Å². The maximum atomic E-state index is 12.6. The van der Waals surface area contributed by atoms with Crippen molar-refractivity contribution in [2.24, 2.45) is 5.73 Å². The van der Waals surface area contributed by atoms with E-state index in [9.17, 15) is 14.4 Å². The number of nitrogens with zero attached hydrogens (tertiary/aromatic N) is 2. The monoisotopic (exact) mass is 499 g/mol. The van der Waals surface area contributed by atoms with Crippen molar-refractivity contribution in [1.29, 1.82) is 0 Å². The van der Waals surface area contributed by atoms with Crippen LogP contribution in [-0.2, 0) is 11.3 Å². The number of rotatable bonds is 8. The summed E-state index contributed by atoms with van der Waals surface area (Å²) < 4.78 is 11.3. The number of ether oxygens (including phenoxy) is 2. The third-order valence-electron chi connectivity index (χ3n) is 5.73. The minimum Gasteiger partial charge on any atom is -0.496 e. The van der Waals surface area contributed by atoms with Crippen LogP contribution < -0.4 is 21.5 Å². The van der Waals surface area contributed by atoms with Gasteiger partial charge in [-0.05, 0) is 42.0 Å². The van der Waals surface area contributed by atoms with Crippen LogP contribution in [0, 0.1) is 0 Å². The van der Waals surface area contributed by atoms with Crippen LogP contribution in [0.15, 0.2) is 72.8 Å². The Labute approximate surface area is 212 Å². The zero-order valence-electron chi connectivity index (χ0n) is 20.2. The second kappa shape index (κ2) is 10.6. The lowest BCUT2D eigenvalue weighted by Gasteiger charge is -2.09. The first-order chi connectivity index (χ1) is 17.8. The molecule has 0 saturated carbocycles. The number of hydrogen-bond donors (Lipinski definition) is 3. The molecule has 10 nitrogen and oxygen atoms in total. The molecule has 0 aliphatic rings. The molecule has 0 spiro atoms. The third-order valence-corrected chi connectivity index (χ3v) is 5.73. The molecule has 0 atom stereocenters. The largest absolute Gasteiger partial charge is 0.496 e. The van der Waals surface area contributed by atoms with Crippen LogP contribution in [-0.4, -0.2) is 41.8 Å². The van der Waals surface area contributed by atoms with E-state index in [0.29, 0.717) is 33.8 Å². The first-order valence-corrected chi connectivity index (χ1v) is 11.2. The van der Waals surface area contributed by atoms with Gasteiger partial charge in [-0.15, -0.1) is 0 Å². The van der Waals surface area contributed by atoms with Crippen molar-refractivity contribution < 1.29 is 23.9 Å². The Kier molecular flexibility index (Phi) is 7.19. The number of anilines is 1. The van der Waals surface area contributed by atoms with Gasteiger partial charge in [0.2, 0.25) is 0 Å². The highest BCUT2D eigenvalue weighted by atomic mass is 16.5. The van der Waals surface area contributed by atoms with Gasteiger partial charge in [0.15, 0.2) is 0 Å². The predicted molar refractivity (Wildman–Crippen MR) is 137 cm³/mol. The molecule has 0 fully saturated rings. The van der Waals surface area contributed by atoms with Gasteiger partial charge in [-0.3, -0.25) is 9.59 Å². The molecule has 1 heterocycles. The van der Waals surface area contributed by atoms with E-state index >= 15 is 0 Å². The second-order valence-corrected chi connectivity index (χ2v) is 8.00. The Morgan fingerprint density at radius 1 is 0.946 bits per heavy atom. The lowest BCUT2D eigenvalue weighted by molar-refractivity contribution is 0.0600. The van der Waals surface area contributed by atoms with Gasteiger partial charge in [-0.2, -0.15) is 5.10 Å². The molecule has 188 valence electrons. The quantitative estimate of drug-likeness (QED) is 0.315. The Morgan fingerprint density at radius 2 is 1.62 bits per heavy atom. The number of esters is 1. The van der Waals surface area contributed by atoms with E-state index in [0.717, 1.165) is 5.56 Å². The Hall–Kier alpha value is -5.12. The molecular weight excluding hydrogens is 474 g/mol. The van der Waals surface area contributed by atoms with E-state index in [1.807, 2.05) is 12.1 Å². The normalized spacial score (nSPS) is 10.5. The number of para-hydroxylation sites is 1. The van der Waals surface area contributed by atoms with E-state index in [1.165, 1.54) is 18.9 Å². The molecule has 37 heavy (non-hydrogen) atoms. The molecule has 5 N–H and O–H groups in total. The van der Waals surface area contributed by atoms with Gasteiger partial charge in [0.1, 0.15) is 22.8 Å². The number of aromatic nitrogens is 2. The van der Waals surface area contributed by atoms with E-state index in [2.05, 4.69) is 10.4 Å². The summed E-state index contributed by atoms with van der Waals surface area (Å²) in [5, 5.41) is 7.38. The number of carbonyl (C=O) groups excluding carboxylic acids is 3. The summed E-state index contributed by atoms with van der Waals surface area (Å²) in [5.74, 6) is -0.901. The number of nitrogens with two attached hydrogens (primary N) is 2. The summed E-state index contributed by atoms with van der Waals surface area (Å²) >= 11 is 0. The average Bonchev–Trinajstić information content (AvgIpc) is 3.28. The van der Waals surface area contributed by atoms with Crippen molar-refractivity contribution in [2.45, 2.75) is 6.54 Å². The maximum absolute atomic E-state index is 12.6. The highest BCUT2D eigenvalue weighted by molar-refractivity contribution is 6.03. The standard InChI is InChI=1S/C27H25N5O5/c1-36-21-6-4-3-5-20(21)26(34)30-15-16-7-9-17(10-8-16)23-22(25(29)33)24(28)32(31-23)19-13-11-18(12-14-19)27(35)37-2/h3-14H,15,28H2,1-2H3,(H2,29,33)(H,30,34). The lowest BCUT2D eigenvalue weighted by atomic mass is 10.0. The van der Waals surface area contributed by atoms with E-state index in [-0.39, 0.29) is 23.8 Å². The molecule has 10 heteroatoms. The van der Waals surface area contributed by atoms with Gasteiger partial charge in [0.05, 0.1) is 31.0 Å². The minimum absolute atomic E-state index is 0.0708. The maximum Gasteiger partial charge on any atom is 0.337 e. The number of benzene rings is 3. The average molecular weight is 500 g/mol. The molecule has 0 bridgehead atoms. The fourth-order valence-electron chi connectivity index (χ4n) is 3.82. The van der Waals surface area contributed by atoms with Crippen LogP contribution in [0.2, 0.25) is 0 Å². The number of amides is 2. The highest BCUT2D eigenvalue weighted by Crippen LogP contribution is 2.29. The summed E-state index contributed by atoms with van der Waals surface area (Å²) in [6.45, 7) is 0.281. The van der Waals surface area contributed by atoms with Crippen LogP contribution in [0.5, 0.6) is 5.75 Å². The van der Waals surface area contributed by atoms with Gasteiger partial charge >= 0.3 is 5.97 Å². The molecule has 4 rings (SSSR count). The first kappa shape index (κ1) is 25.0. The van der Waals surface area contributed by atoms with Gasteiger partial charge in [0.25, 0.3) is 11.8 Å². The van der Waals surface area contributed by atoms with Crippen molar-refractivity contribution in [3.05, 3.63) is 95.1 Å². The number of hydrogen-bond acceptors (Lipinski definition) is 7. The Balaban J connectivity index is 1.57. The molecule has 0 unspecified atom stereocenters. The topological polar surface area (TPSA) is 152 Å². The van der Waals surface area contributed by atoms with E-state index in [4.69, 9.17) is 20.9 Å². The lowest BCUT2D eigenvalue weighted by Crippen LogP contribution is -2.23. The van der Waals surface area contributed by atoms with Gasteiger partial charge in [0, 0.05) is 12.1 Å². The number of nitrogen functional groups attached to an aromatic ring is 1. The smallest absolute Gasteiger partial charge is 0.337 e. The molecule has 0 aliphatic carbocycles. The molecule has 0 radical (unpaired) electrons. The fourth-order valence-corrected chi connectivity index (χ4v) is 3.82. The van der Waals surface area contributed by atoms with Crippen LogP contribution in [0.25, 0.3) is 16.9 Å². The third kappa shape index (κ3) is 5.13. The van der Waals surface area contributed by atoms with Crippen molar-refractivity contribution in [3.8, 4) is 22.7 Å². The summed E-state index contributed by atoms with van der Waals surface area (Å²) in [5.41, 5.74) is 15.0. The summed E-state index contributed by atoms with van der Waals surface area (Å²) in [6.07, 6.45) is 0. The molecule has 4 aromatic rings. The highest BCUT2D eigenvalue weighted by Gasteiger charge is 2.22. The fraction of sp³-hybridized carbons (Fsp3) is 0.111. The first-order valence-electron chi connectivity index (χ1n) is 11.2. The summed E-state index contributed by atoms with van der Waals surface area (Å²) in [7, 11) is 2.81. The Morgan fingerprint density at radius 3 is 2.24 bits per heavy atom. The number of carbonyl (C=O) groups is 3. The van der Waals surface area contributed by atoms with Crippen LogP contribution in [0.1, 0.15) is 36.6 Å². The van der Waals surface area contributed by atoms with Gasteiger partial charge in [-0.1, -0.05) is 36.4 Å².